The van der Waals surface area contributed by atoms with Gasteiger partial charge in [-0.05, 0) is 50.2 Å². The molecule has 5 rings (SSSR count). The van der Waals surface area contributed by atoms with E-state index in [1.165, 1.54) is 20.5 Å². The van der Waals surface area contributed by atoms with Crippen molar-refractivity contribution in [3.63, 3.8) is 0 Å². The number of nitrogens with zero attached hydrogens (tertiary/aromatic N) is 5. The molecule has 1 saturated heterocycles. The molecular formula is C42H58N8O6S3. The van der Waals surface area contributed by atoms with E-state index < -0.39 is 28.2 Å². The van der Waals surface area contributed by atoms with E-state index >= 15 is 0 Å². The monoisotopic (exact) mass is 866 g/mol. The van der Waals surface area contributed by atoms with Crippen LogP contribution in [0.15, 0.2) is 77.8 Å². The average Bonchev–Trinajstić information content (AvgIpc) is 3.94. The molecule has 14 nitrogen and oxygen atoms in total. The summed E-state index contributed by atoms with van der Waals surface area (Å²) in [5.74, 6) is 0.0209. The second kappa shape index (κ2) is 22.8. The van der Waals surface area contributed by atoms with Crippen molar-refractivity contribution in [2.24, 2.45) is 0 Å². The van der Waals surface area contributed by atoms with Crippen LogP contribution in [0.25, 0.3) is 0 Å². The van der Waals surface area contributed by atoms with E-state index in [1.54, 1.807) is 37.0 Å². The Labute approximate surface area is 356 Å². The third-order valence-corrected chi connectivity index (χ3v) is 14.1. The van der Waals surface area contributed by atoms with Gasteiger partial charge in [0.15, 0.2) is 0 Å². The zero-order chi connectivity index (χ0) is 42.2. The zero-order valence-electron chi connectivity index (χ0n) is 34.4. The van der Waals surface area contributed by atoms with E-state index in [1.807, 2.05) is 66.0 Å². The molecule has 2 aromatic carbocycles. The van der Waals surface area contributed by atoms with Gasteiger partial charge in [-0.15, -0.1) is 22.7 Å². The van der Waals surface area contributed by atoms with E-state index in [2.05, 4.69) is 44.7 Å². The normalized spacial score (nSPS) is 15.3. The summed E-state index contributed by atoms with van der Waals surface area (Å²) in [7, 11) is -1.60. The molecule has 1 aliphatic heterocycles. The summed E-state index contributed by atoms with van der Waals surface area (Å²) in [6, 6.07) is 17.9. The number of benzene rings is 2. The minimum Gasteiger partial charge on any atom is -0.444 e. The smallest absolute Gasteiger partial charge is 0.407 e. The molecule has 3 N–H and O–H groups in total. The second-order valence-corrected chi connectivity index (χ2v) is 19.3. The van der Waals surface area contributed by atoms with Gasteiger partial charge in [0.05, 0.1) is 33.4 Å². The molecular weight excluding hydrogens is 809 g/mol. The quantitative estimate of drug-likeness (QED) is 0.0962. The maximum atomic E-state index is 14.4. The van der Waals surface area contributed by atoms with Crippen LogP contribution in [0.1, 0.15) is 72.7 Å². The number of hydrogen-bond donors (Lipinski definition) is 3. The van der Waals surface area contributed by atoms with Crippen LogP contribution >= 0.6 is 22.7 Å². The lowest BCUT2D eigenvalue weighted by atomic mass is 9.95. The molecule has 320 valence electrons. The predicted octanol–water partition coefficient (Wildman–Crippen LogP) is 5.64. The summed E-state index contributed by atoms with van der Waals surface area (Å²) in [5.41, 5.74) is 4.57. The third kappa shape index (κ3) is 15.0. The number of rotatable bonds is 21. The number of sulfonamides is 1. The Kier molecular flexibility index (Phi) is 17.7. The molecule has 0 spiro atoms. The van der Waals surface area contributed by atoms with E-state index in [4.69, 9.17) is 4.74 Å². The Hall–Kier alpha value is -4.42. The highest BCUT2D eigenvalue weighted by molar-refractivity contribution is 7.89. The molecule has 2 aromatic heterocycles. The third-order valence-electron chi connectivity index (χ3n) is 10.3. The van der Waals surface area contributed by atoms with Crippen LogP contribution in [0.4, 0.5) is 9.59 Å². The van der Waals surface area contributed by atoms with Crippen molar-refractivity contribution in [3.05, 3.63) is 104 Å². The van der Waals surface area contributed by atoms with Gasteiger partial charge in [-0.25, -0.2) is 23.0 Å². The molecule has 0 radical (unpaired) electrons. The van der Waals surface area contributed by atoms with Gasteiger partial charge in [-0.1, -0.05) is 74.5 Å². The van der Waals surface area contributed by atoms with E-state index in [-0.39, 0.29) is 42.8 Å². The fourth-order valence-corrected chi connectivity index (χ4v) is 9.26. The number of amides is 4. The molecule has 4 amide bonds. The molecule has 3 heterocycles. The standard InChI is InChI=1S/C42H58N8O6S3/c1-5-59(54,55)50-22-20-49(21-23-50)19-18-38(47-41(52)48(4)27-36-29-57-40(45-36)31(2)3)39(51)44-34(24-32-12-8-6-9-13-32)16-17-35(25-33-14-10-7-11-15-33)46-42(53)56-28-37-26-43-30-58-37/h6-15,26,29-31,34-35,38H,5,16-25,27-28H2,1-4H3,(H,44,51)(H,46,53)(H,47,52). The maximum absolute atomic E-state index is 14.4. The van der Waals surface area contributed by atoms with Crippen molar-refractivity contribution in [1.82, 2.24) is 40.0 Å². The predicted molar refractivity (Wildman–Crippen MR) is 233 cm³/mol. The number of ether oxygens (including phenoxy) is 1. The van der Waals surface area contributed by atoms with Crippen molar-refractivity contribution in [2.75, 3.05) is 45.5 Å². The fourth-order valence-electron chi connectivity index (χ4n) is 6.84. The lowest BCUT2D eigenvalue weighted by Gasteiger charge is -2.34. The Morgan fingerprint density at radius 1 is 0.864 bits per heavy atom. The van der Waals surface area contributed by atoms with Crippen molar-refractivity contribution < 1.29 is 27.5 Å². The zero-order valence-corrected chi connectivity index (χ0v) is 36.9. The van der Waals surface area contributed by atoms with Gasteiger partial charge >= 0.3 is 12.1 Å². The summed E-state index contributed by atoms with van der Waals surface area (Å²) < 4.78 is 32.0. The van der Waals surface area contributed by atoms with Crippen molar-refractivity contribution in [2.45, 2.75) is 90.1 Å². The van der Waals surface area contributed by atoms with Crippen LogP contribution in [-0.2, 0) is 45.5 Å². The lowest BCUT2D eigenvalue weighted by molar-refractivity contribution is -0.124. The van der Waals surface area contributed by atoms with Crippen molar-refractivity contribution in [3.8, 4) is 0 Å². The number of hydrogen-bond acceptors (Lipinski definition) is 11. The van der Waals surface area contributed by atoms with Crippen LogP contribution < -0.4 is 16.0 Å². The summed E-state index contributed by atoms with van der Waals surface area (Å²) in [6.07, 6.45) is 3.65. The molecule has 3 unspecified atom stereocenters. The maximum Gasteiger partial charge on any atom is 0.407 e. The summed E-state index contributed by atoms with van der Waals surface area (Å²) in [5, 5.41) is 12.3. The van der Waals surface area contributed by atoms with Crippen LogP contribution in [-0.4, -0.2) is 114 Å². The molecule has 1 aliphatic rings. The molecule has 0 saturated carbocycles. The first kappa shape index (κ1) is 45.7. The number of urea groups is 1. The van der Waals surface area contributed by atoms with Crippen molar-refractivity contribution in [1.29, 1.82) is 0 Å². The number of nitrogens with one attached hydrogen (secondary N) is 3. The lowest BCUT2D eigenvalue weighted by Crippen LogP contribution is -2.54. The minimum absolute atomic E-state index is 0.0548. The number of alkyl carbamates (subject to hydrolysis) is 1. The summed E-state index contributed by atoms with van der Waals surface area (Å²) in [4.78, 5) is 54.4. The van der Waals surface area contributed by atoms with Gasteiger partial charge in [0.1, 0.15) is 12.6 Å². The van der Waals surface area contributed by atoms with E-state index in [0.717, 1.165) is 26.7 Å². The van der Waals surface area contributed by atoms with Gasteiger partial charge in [0.25, 0.3) is 0 Å². The summed E-state index contributed by atoms with van der Waals surface area (Å²) >= 11 is 2.98. The summed E-state index contributed by atoms with van der Waals surface area (Å²) in [6.45, 7) is 8.52. The van der Waals surface area contributed by atoms with E-state index in [9.17, 15) is 22.8 Å². The number of carbonyl (C=O) groups is 3. The molecule has 0 aliphatic carbocycles. The number of thiazole rings is 2. The SMILES string of the molecule is CCS(=O)(=O)N1CCN(CCC(NC(=O)N(C)Cc2csc(C(C)C)n2)C(=O)NC(CCC(Cc2ccccc2)NC(=O)OCc2cncs2)Cc2ccccc2)CC1. The van der Waals surface area contributed by atoms with Gasteiger partial charge < -0.3 is 30.5 Å². The van der Waals surface area contributed by atoms with Crippen LogP contribution in [0.2, 0.25) is 0 Å². The molecule has 17 heteroatoms. The van der Waals surface area contributed by atoms with Gasteiger partial charge in [-0.3, -0.25) is 9.78 Å². The Morgan fingerprint density at radius 3 is 2.05 bits per heavy atom. The van der Waals surface area contributed by atoms with Crippen LogP contribution in [0, 0.1) is 0 Å². The number of piperazine rings is 1. The Bertz CT molecular complexity index is 1990. The fraction of sp³-hybridized carbons (Fsp3) is 0.500. The minimum atomic E-state index is -3.29. The van der Waals surface area contributed by atoms with Gasteiger partial charge in [0.2, 0.25) is 15.9 Å². The van der Waals surface area contributed by atoms with Crippen LogP contribution in [0.3, 0.4) is 0 Å². The molecule has 1 fully saturated rings. The van der Waals surface area contributed by atoms with Crippen molar-refractivity contribution >= 4 is 50.7 Å². The number of carbonyl (C=O) groups excluding carboxylic acids is 3. The second-order valence-electron chi connectivity index (χ2n) is 15.2. The molecule has 3 atom stereocenters. The highest BCUT2D eigenvalue weighted by atomic mass is 32.2. The Morgan fingerprint density at radius 2 is 1.49 bits per heavy atom. The topological polar surface area (TPSA) is 166 Å². The molecule has 0 bridgehead atoms. The van der Waals surface area contributed by atoms with Gasteiger partial charge in [-0.2, -0.15) is 4.31 Å². The first-order valence-corrected chi connectivity index (χ1v) is 23.6. The van der Waals surface area contributed by atoms with Gasteiger partial charge in [0, 0.05) is 69.3 Å². The Balaban J connectivity index is 1.30. The van der Waals surface area contributed by atoms with Crippen LogP contribution in [0.5, 0.6) is 0 Å². The first-order valence-electron chi connectivity index (χ1n) is 20.2. The largest absolute Gasteiger partial charge is 0.444 e. The molecule has 59 heavy (non-hydrogen) atoms. The van der Waals surface area contributed by atoms with E-state index in [0.29, 0.717) is 64.8 Å². The molecule has 4 aromatic rings. The number of aromatic nitrogens is 2. The average molecular weight is 867 g/mol. The first-order chi connectivity index (χ1) is 28.4. The highest BCUT2D eigenvalue weighted by Crippen LogP contribution is 2.20. The highest BCUT2D eigenvalue weighted by Gasteiger charge is 2.29.